The Bertz CT molecular complexity index is 1130. The third kappa shape index (κ3) is 2.58. The summed E-state index contributed by atoms with van der Waals surface area (Å²) < 4.78 is 1.71. The number of nitrogens with zero attached hydrogens (tertiary/aromatic N) is 1. The highest BCUT2D eigenvalue weighted by Crippen LogP contribution is 2.26. The van der Waals surface area contributed by atoms with E-state index < -0.39 is 0 Å². The fourth-order valence-electron chi connectivity index (χ4n) is 3.06. The molecule has 0 aliphatic carbocycles. The zero-order chi connectivity index (χ0) is 18.1. The molecule has 0 aliphatic rings. The lowest BCUT2D eigenvalue weighted by molar-refractivity contribution is 0.103. The van der Waals surface area contributed by atoms with E-state index in [1.807, 2.05) is 18.2 Å². The van der Waals surface area contributed by atoms with E-state index in [9.17, 15) is 14.7 Å². The van der Waals surface area contributed by atoms with E-state index in [4.69, 9.17) is 0 Å². The molecule has 1 N–H and O–H groups in total. The first kappa shape index (κ1) is 15.8. The fourth-order valence-corrected chi connectivity index (χ4v) is 3.06. The summed E-state index contributed by atoms with van der Waals surface area (Å²) in [6.45, 7) is 0. The van der Waals surface area contributed by atoms with Crippen LogP contribution in [-0.4, -0.2) is 21.1 Å². The molecule has 0 saturated carbocycles. The first-order valence-corrected chi connectivity index (χ1v) is 8.19. The molecule has 4 nitrogen and oxygen atoms in total. The molecule has 0 amide bonds. The minimum Gasteiger partial charge on any atom is -0.507 e. The normalized spacial score (nSPS) is 10.8. The summed E-state index contributed by atoms with van der Waals surface area (Å²) in [5.41, 5.74) is 2.18. The number of aromatic hydroxyl groups is 1. The summed E-state index contributed by atoms with van der Waals surface area (Å²) in [4.78, 5) is 25.9. The third-order valence-electron chi connectivity index (χ3n) is 4.34. The van der Waals surface area contributed by atoms with Crippen molar-refractivity contribution in [2.45, 2.75) is 0 Å². The number of carbonyl (C=O) groups excluding carboxylic acids is 2. The number of hydrogen-bond donors (Lipinski definition) is 1. The summed E-state index contributed by atoms with van der Waals surface area (Å²) in [7, 11) is 0. The second-order valence-electron chi connectivity index (χ2n) is 5.94. The zero-order valence-electron chi connectivity index (χ0n) is 13.8. The van der Waals surface area contributed by atoms with Gasteiger partial charge in [0, 0.05) is 17.3 Å². The Morgan fingerprint density at radius 3 is 2.19 bits per heavy atom. The number of aromatic nitrogens is 1. The Morgan fingerprint density at radius 2 is 1.42 bits per heavy atom. The molecule has 0 radical (unpaired) electrons. The molecule has 126 valence electrons. The number of rotatable bonds is 4. The maximum Gasteiger partial charge on any atom is 0.209 e. The number of phenolic OH excluding ortho intramolecular Hbond substituents is 1. The van der Waals surface area contributed by atoms with Crippen molar-refractivity contribution < 1.29 is 14.7 Å². The van der Waals surface area contributed by atoms with Crippen molar-refractivity contribution in [3.05, 3.63) is 107 Å². The van der Waals surface area contributed by atoms with E-state index in [0.29, 0.717) is 22.3 Å². The lowest BCUT2D eigenvalue weighted by Gasteiger charge is -2.03. The average molecular weight is 341 g/mol. The smallest absolute Gasteiger partial charge is 0.209 e. The molecule has 0 fully saturated rings. The van der Waals surface area contributed by atoms with Gasteiger partial charge in [0.25, 0.3) is 0 Å². The number of ketones is 2. The predicted octanol–water partition coefficient (Wildman–Crippen LogP) is 4.11. The van der Waals surface area contributed by atoms with E-state index in [2.05, 4.69) is 0 Å². The minimum atomic E-state index is -0.320. The lowest BCUT2D eigenvalue weighted by Crippen LogP contribution is -2.04. The molecule has 2 aromatic carbocycles. The minimum absolute atomic E-state index is 0.0799. The number of pyridine rings is 1. The van der Waals surface area contributed by atoms with Crippen molar-refractivity contribution in [1.82, 2.24) is 4.40 Å². The maximum atomic E-state index is 13.0. The van der Waals surface area contributed by atoms with Gasteiger partial charge in [-0.15, -0.1) is 0 Å². The van der Waals surface area contributed by atoms with Gasteiger partial charge in [-0.3, -0.25) is 9.59 Å². The highest BCUT2D eigenvalue weighted by molar-refractivity contribution is 6.17. The van der Waals surface area contributed by atoms with Crippen LogP contribution in [0, 0.1) is 0 Å². The van der Waals surface area contributed by atoms with Gasteiger partial charge in [0.2, 0.25) is 5.78 Å². The SMILES string of the molecule is O=C(c1ccccc1O)c1cc(C(=O)c2ccccc2)n2ccccc12. The van der Waals surface area contributed by atoms with Crippen molar-refractivity contribution >= 4 is 17.1 Å². The summed E-state index contributed by atoms with van der Waals surface area (Å²) >= 11 is 0. The summed E-state index contributed by atoms with van der Waals surface area (Å²) in [5, 5.41) is 10.0. The van der Waals surface area contributed by atoms with Gasteiger partial charge >= 0.3 is 0 Å². The Labute approximate surface area is 150 Å². The molecule has 0 saturated heterocycles. The highest BCUT2D eigenvalue weighted by atomic mass is 16.3. The molecular formula is C22H15NO3. The van der Waals surface area contributed by atoms with Crippen molar-refractivity contribution in [2.75, 3.05) is 0 Å². The van der Waals surface area contributed by atoms with Crippen LogP contribution >= 0.6 is 0 Å². The quantitative estimate of drug-likeness (QED) is 0.568. The van der Waals surface area contributed by atoms with Gasteiger partial charge in [0.1, 0.15) is 5.75 Å². The average Bonchev–Trinajstić information content (AvgIpc) is 3.08. The van der Waals surface area contributed by atoms with Gasteiger partial charge in [-0.25, -0.2) is 0 Å². The van der Waals surface area contributed by atoms with Crippen LogP contribution in [-0.2, 0) is 0 Å². The Hall–Kier alpha value is -3.66. The molecule has 26 heavy (non-hydrogen) atoms. The molecule has 0 bridgehead atoms. The Morgan fingerprint density at radius 1 is 0.731 bits per heavy atom. The molecule has 4 rings (SSSR count). The van der Waals surface area contributed by atoms with Gasteiger partial charge in [-0.1, -0.05) is 48.5 Å². The Balaban J connectivity index is 1.89. The van der Waals surface area contributed by atoms with Crippen LogP contribution in [0.5, 0.6) is 5.75 Å². The van der Waals surface area contributed by atoms with E-state index in [-0.39, 0.29) is 22.9 Å². The van der Waals surface area contributed by atoms with Crippen LogP contribution in [0.1, 0.15) is 32.0 Å². The van der Waals surface area contributed by atoms with E-state index >= 15 is 0 Å². The molecule has 0 spiro atoms. The topological polar surface area (TPSA) is 58.8 Å². The maximum absolute atomic E-state index is 13.0. The van der Waals surface area contributed by atoms with Crippen LogP contribution in [0.15, 0.2) is 85.1 Å². The van der Waals surface area contributed by atoms with E-state index in [0.717, 1.165) is 0 Å². The number of phenols is 1. The van der Waals surface area contributed by atoms with Crippen LogP contribution in [0.3, 0.4) is 0 Å². The van der Waals surface area contributed by atoms with Crippen molar-refractivity contribution in [3.8, 4) is 5.75 Å². The predicted molar refractivity (Wildman–Crippen MR) is 98.8 cm³/mol. The standard InChI is InChI=1S/C22H15NO3/c24-20-12-5-4-10-16(20)22(26)17-14-19(23-13-7-6-11-18(17)23)21(25)15-8-2-1-3-9-15/h1-14,24H. The molecule has 0 unspecified atom stereocenters. The van der Waals surface area contributed by atoms with Gasteiger partial charge in [0.05, 0.1) is 16.8 Å². The number of hydrogen-bond acceptors (Lipinski definition) is 3. The fraction of sp³-hybridized carbons (Fsp3) is 0. The second kappa shape index (κ2) is 6.33. The van der Waals surface area contributed by atoms with Gasteiger partial charge in [0.15, 0.2) is 5.78 Å². The highest BCUT2D eigenvalue weighted by Gasteiger charge is 2.22. The number of carbonyl (C=O) groups is 2. The van der Waals surface area contributed by atoms with Crippen LogP contribution in [0.2, 0.25) is 0 Å². The first-order chi connectivity index (χ1) is 12.7. The van der Waals surface area contributed by atoms with Crippen LogP contribution in [0.25, 0.3) is 5.52 Å². The largest absolute Gasteiger partial charge is 0.507 e. The molecule has 4 heteroatoms. The second-order valence-corrected chi connectivity index (χ2v) is 5.94. The van der Waals surface area contributed by atoms with Crippen molar-refractivity contribution in [3.63, 3.8) is 0 Å². The number of benzene rings is 2. The van der Waals surface area contributed by atoms with Gasteiger partial charge < -0.3 is 9.51 Å². The van der Waals surface area contributed by atoms with Crippen LogP contribution in [0.4, 0.5) is 0 Å². The van der Waals surface area contributed by atoms with E-state index in [1.165, 1.54) is 6.07 Å². The Kier molecular flexibility index (Phi) is 3.86. The van der Waals surface area contributed by atoms with E-state index in [1.54, 1.807) is 65.2 Å². The first-order valence-electron chi connectivity index (χ1n) is 8.19. The summed E-state index contributed by atoms with van der Waals surface area (Å²) in [5.74, 6) is -0.564. The zero-order valence-corrected chi connectivity index (χ0v) is 13.8. The molecular weight excluding hydrogens is 326 g/mol. The summed E-state index contributed by atoms with van der Waals surface area (Å²) in [6.07, 6.45) is 1.76. The summed E-state index contributed by atoms with van der Waals surface area (Å²) in [6, 6.07) is 22.4. The molecule has 4 aromatic rings. The number of para-hydroxylation sites is 1. The van der Waals surface area contributed by atoms with Crippen LogP contribution < -0.4 is 0 Å². The monoisotopic (exact) mass is 341 g/mol. The van der Waals surface area contributed by atoms with Crippen molar-refractivity contribution in [2.24, 2.45) is 0 Å². The van der Waals surface area contributed by atoms with Gasteiger partial charge in [-0.05, 0) is 30.3 Å². The lowest BCUT2D eigenvalue weighted by atomic mass is 10.0. The third-order valence-corrected chi connectivity index (χ3v) is 4.34. The molecule has 0 atom stereocenters. The molecule has 2 aromatic heterocycles. The molecule has 0 aliphatic heterocycles. The molecule has 2 heterocycles. The number of fused-ring (bicyclic) bond motifs is 1. The van der Waals surface area contributed by atoms with Gasteiger partial charge in [-0.2, -0.15) is 0 Å². The van der Waals surface area contributed by atoms with Crippen molar-refractivity contribution in [1.29, 1.82) is 0 Å².